The van der Waals surface area contributed by atoms with Gasteiger partial charge < -0.3 is 26.4 Å². The van der Waals surface area contributed by atoms with Crippen molar-refractivity contribution in [2.45, 2.75) is 32.4 Å². The predicted octanol–water partition coefficient (Wildman–Crippen LogP) is 3.23. The molecule has 0 fully saturated rings. The number of ether oxygens (including phenoxy) is 1. The third-order valence-corrected chi connectivity index (χ3v) is 6.07. The minimum Gasteiger partial charge on any atom is -0.465 e. The SMILES string of the molecule is COC(=O)c1ccc(C(Nc2cccc(C(=N)N)c2)C(=O)NC(C(=O)NCCc2ccccn2)C(C)C)cc1.Cl. The van der Waals surface area contributed by atoms with Gasteiger partial charge in [-0.25, -0.2) is 4.79 Å². The van der Waals surface area contributed by atoms with Crippen molar-refractivity contribution in [3.63, 3.8) is 0 Å². The van der Waals surface area contributed by atoms with Crippen molar-refractivity contribution >= 4 is 41.7 Å². The van der Waals surface area contributed by atoms with Gasteiger partial charge in [0.05, 0.1) is 12.7 Å². The van der Waals surface area contributed by atoms with Crippen molar-refractivity contribution in [1.29, 1.82) is 5.41 Å². The summed E-state index contributed by atoms with van der Waals surface area (Å²) in [4.78, 5) is 42.8. The summed E-state index contributed by atoms with van der Waals surface area (Å²) < 4.78 is 4.77. The number of anilines is 1. The van der Waals surface area contributed by atoms with Crippen molar-refractivity contribution in [3.05, 3.63) is 95.3 Å². The maximum absolute atomic E-state index is 13.6. The van der Waals surface area contributed by atoms with E-state index in [1.54, 1.807) is 54.7 Å². The second-order valence-electron chi connectivity index (χ2n) is 9.28. The van der Waals surface area contributed by atoms with E-state index < -0.39 is 24.0 Å². The Balaban J connectivity index is 0.00000560. The fourth-order valence-corrected chi connectivity index (χ4v) is 3.91. The number of nitrogens with one attached hydrogen (secondary N) is 4. The van der Waals surface area contributed by atoms with Gasteiger partial charge in [0.15, 0.2) is 0 Å². The first-order valence-electron chi connectivity index (χ1n) is 12.6. The molecule has 6 N–H and O–H groups in total. The van der Waals surface area contributed by atoms with Crippen LogP contribution in [0.15, 0.2) is 72.9 Å². The molecule has 2 atom stereocenters. The third-order valence-electron chi connectivity index (χ3n) is 6.07. The van der Waals surface area contributed by atoms with Crippen LogP contribution < -0.4 is 21.7 Å². The third kappa shape index (κ3) is 8.81. The Kier molecular flexibility index (Phi) is 12.1. The van der Waals surface area contributed by atoms with Crippen LogP contribution in [0.1, 0.15) is 47.1 Å². The lowest BCUT2D eigenvalue weighted by Crippen LogP contribution is -2.51. The Hall–Kier alpha value is -4.44. The van der Waals surface area contributed by atoms with Crippen LogP contribution in [0, 0.1) is 11.3 Å². The average Bonchev–Trinajstić information content (AvgIpc) is 2.94. The van der Waals surface area contributed by atoms with Gasteiger partial charge in [0.1, 0.15) is 17.9 Å². The van der Waals surface area contributed by atoms with Crippen molar-refractivity contribution in [2.75, 3.05) is 19.0 Å². The van der Waals surface area contributed by atoms with Crippen LogP contribution in [0.2, 0.25) is 0 Å². The monoisotopic (exact) mass is 566 g/mol. The molecule has 0 saturated carbocycles. The van der Waals surface area contributed by atoms with Gasteiger partial charge in [-0.05, 0) is 47.9 Å². The molecule has 10 nitrogen and oxygen atoms in total. The lowest BCUT2D eigenvalue weighted by Gasteiger charge is -2.26. The molecule has 3 rings (SSSR count). The van der Waals surface area contributed by atoms with Crippen LogP contribution in [0.5, 0.6) is 0 Å². The summed E-state index contributed by atoms with van der Waals surface area (Å²) in [6.45, 7) is 4.09. The number of nitrogens with two attached hydrogens (primary N) is 1. The second-order valence-corrected chi connectivity index (χ2v) is 9.28. The highest BCUT2D eigenvalue weighted by Gasteiger charge is 2.29. The van der Waals surface area contributed by atoms with E-state index in [1.807, 2.05) is 32.0 Å². The van der Waals surface area contributed by atoms with Crippen LogP contribution in [0.25, 0.3) is 0 Å². The molecule has 0 spiro atoms. The highest BCUT2D eigenvalue weighted by Crippen LogP contribution is 2.22. The van der Waals surface area contributed by atoms with Crippen LogP contribution >= 0.6 is 12.4 Å². The Morgan fingerprint density at radius 3 is 2.30 bits per heavy atom. The normalized spacial score (nSPS) is 11.9. The van der Waals surface area contributed by atoms with E-state index >= 15 is 0 Å². The van der Waals surface area contributed by atoms with Gasteiger partial charge in [-0.15, -0.1) is 12.4 Å². The van der Waals surface area contributed by atoms with Gasteiger partial charge in [0.25, 0.3) is 0 Å². The average molecular weight is 567 g/mol. The molecule has 1 heterocycles. The summed E-state index contributed by atoms with van der Waals surface area (Å²) in [6.07, 6.45) is 2.26. The van der Waals surface area contributed by atoms with Crippen LogP contribution in [-0.2, 0) is 20.7 Å². The largest absolute Gasteiger partial charge is 0.465 e. The Morgan fingerprint density at radius 1 is 0.975 bits per heavy atom. The number of halogens is 1. The number of nitrogen functional groups attached to an aromatic ring is 1. The molecule has 2 unspecified atom stereocenters. The van der Waals surface area contributed by atoms with Crippen molar-refractivity contribution < 1.29 is 19.1 Å². The van der Waals surface area contributed by atoms with E-state index in [0.717, 1.165) is 5.69 Å². The number of amides is 2. The van der Waals surface area contributed by atoms with Gasteiger partial charge in [-0.1, -0.05) is 44.2 Å². The minimum atomic E-state index is -0.915. The van der Waals surface area contributed by atoms with Gasteiger partial charge in [0.2, 0.25) is 11.8 Å². The highest BCUT2D eigenvalue weighted by atomic mass is 35.5. The molecule has 40 heavy (non-hydrogen) atoms. The number of hydrogen-bond acceptors (Lipinski definition) is 7. The van der Waals surface area contributed by atoms with E-state index in [0.29, 0.717) is 35.3 Å². The number of pyridine rings is 1. The summed E-state index contributed by atoms with van der Waals surface area (Å²) in [6, 6.07) is 17.2. The quantitative estimate of drug-likeness (QED) is 0.128. The van der Waals surface area contributed by atoms with Gasteiger partial charge >= 0.3 is 5.97 Å². The maximum atomic E-state index is 13.6. The van der Waals surface area contributed by atoms with Crippen LogP contribution in [-0.4, -0.2) is 48.3 Å². The number of rotatable bonds is 12. The van der Waals surface area contributed by atoms with Crippen molar-refractivity contribution in [2.24, 2.45) is 11.7 Å². The lowest BCUT2D eigenvalue weighted by atomic mass is 10.00. The predicted molar refractivity (Wildman–Crippen MR) is 157 cm³/mol. The molecule has 2 aromatic carbocycles. The van der Waals surface area contributed by atoms with E-state index in [-0.39, 0.29) is 30.1 Å². The smallest absolute Gasteiger partial charge is 0.337 e. The first-order valence-corrected chi connectivity index (χ1v) is 12.6. The molecule has 3 aromatic rings. The first kappa shape index (κ1) is 31.8. The molecule has 2 amide bonds. The van der Waals surface area contributed by atoms with Crippen molar-refractivity contribution in [3.8, 4) is 0 Å². The summed E-state index contributed by atoms with van der Waals surface area (Å²) in [5, 5.41) is 16.7. The topological polar surface area (TPSA) is 159 Å². The van der Waals surface area contributed by atoms with E-state index in [9.17, 15) is 14.4 Å². The zero-order valence-corrected chi connectivity index (χ0v) is 23.5. The van der Waals surface area contributed by atoms with Crippen LogP contribution in [0.3, 0.4) is 0 Å². The second kappa shape index (κ2) is 15.2. The van der Waals surface area contributed by atoms with Crippen molar-refractivity contribution in [1.82, 2.24) is 15.6 Å². The zero-order valence-electron chi connectivity index (χ0n) is 22.6. The summed E-state index contributed by atoms with van der Waals surface area (Å²) in [5.74, 6) is -1.52. The summed E-state index contributed by atoms with van der Waals surface area (Å²) in [5.41, 5.74) is 8.44. The Bertz CT molecular complexity index is 1300. The van der Waals surface area contributed by atoms with E-state index in [1.165, 1.54) is 7.11 Å². The molecule has 0 aliphatic carbocycles. The number of methoxy groups -OCH3 is 1. The molecule has 0 aliphatic heterocycles. The molecule has 0 radical (unpaired) electrons. The Morgan fingerprint density at radius 2 is 1.70 bits per heavy atom. The molecule has 11 heteroatoms. The number of carbonyl (C=O) groups excluding carboxylic acids is 3. The summed E-state index contributed by atoms with van der Waals surface area (Å²) in [7, 11) is 1.30. The molecule has 0 aliphatic rings. The zero-order chi connectivity index (χ0) is 28.4. The number of nitrogens with zero attached hydrogens (tertiary/aromatic N) is 1. The molecule has 212 valence electrons. The van der Waals surface area contributed by atoms with Gasteiger partial charge in [-0.2, -0.15) is 0 Å². The number of benzene rings is 2. The van der Waals surface area contributed by atoms with Gasteiger partial charge in [-0.3, -0.25) is 20.0 Å². The Labute approximate surface area is 240 Å². The van der Waals surface area contributed by atoms with Gasteiger partial charge in [0, 0.05) is 36.1 Å². The fraction of sp³-hybridized carbons (Fsp3) is 0.276. The number of esters is 1. The standard InChI is InChI=1S/C29H34N6O4.ClH/c1-18(2)24(27(36)33-16-14-22-8-4-5-15-32-22)35-28(37)25(19-10-12-20(13-11-19)29(38)39-3)34-23-9-6-7-21(17-23)26(30)31;/h4-13,15,17-18,24-25,34H,14,16H2,1-3H3,(H3,30,31)(H,33,36)(H,35,37);1H. The number of amidine groups is 1. The summed E-state index contributed by atoms with van der Waals surface area (Å²) >= 11 is 0. The molecular formula is C29H35ClN6O4. The number of hydrogen-bond donors (Lipinski definition) is 5. The molecular weight excluding hydrogens is 532 g/mol. The highest BCUT2D eigenvalue weighted by molar-refractivity contribution is 5.96. The molecule has 1 aromatic heterocycles. The minimum absolute atomic E-state index is 0. The molecule has 0 saturated heterocycles. The fourth-order valence-electron chi connectivity index (χ4n) is 3.91. The van der Waals surface area contributed by atoms with E-state index in [4.69, 9.17) is 15.9 Å². The number of carbonyl (C=O) groups is 3. The van der Waals surface area contributed by atoms with Crippen LogP contribution in [0.4, 0.5) is 5.69 Å². The maximum Gasteiger partial charge on any atom is 0.337 e. The molecule has 0 bridgehead atoms. The van der Waals surface area contributed by atoms with E-state index in [2.05, 4.69) is 20.9 Å². The lowest BCUT2D eigenvalue weighted by molar-refractivity contribution is -0.130. The number of aromatic nitrogens is 1. The first-order chi connectivity index (χ1) is 18.7.